The van der Waals surface area contributed by atoms with Crippen LogP contribution in [0.5, 0.6) is 0 Å². The second-order valence-corrected chi connectivity index (χ2v) is 7.70. The molecule has 1 atom stereocenters. The Hall–Kier alpha value is -2.85. The van der Waals surface area contributed by atoms with Gasteiger partial charge in [-0.15, -0.1) is 0 Å². The lowest BCUT2D eigenvalue weighted by molar-refractivity contribution is 0.102. The monoisotopic (exact) mass is 444 g/mol. The molecule has 1 amide bonds. The zero-order valence-corrected chi connectivity index (χ0v) is 17.0. The Bertz CT molecular complexity index is 1210. The summed E-state index contributed by atoms with van der Waals surface area (Å²) in [5.41, 5.74) is 2.50. The molecule has 0 aliphatic heterocycles. The van der Waals surface area contributed by atoms with Gasteiger partial charge < -0.3 is 5.32 Å². The first-order valence-electron chi connectivity index (χ1n) is 8.33. The van der Waals surface area contributed by atoms with Gasteiger partial charge in [0.2, 0.25) is 0 Å². The molecule has 0 aliphatic carbocycles. The average Bonchev–Trinajstić information content (AvgIpc) is 3.20. The zero-order chi connectivity index (χ0) is 20.4. The molecule has 0 saturated heterocycles. The van der Waals surface area contributed by atoms with Crippen molar-refractivity contribution in [2.75, 3.05) is 9.62 Å². The van der Waals surface area contributed by atoms with Gasteiger partial charge in [0, 0.05) is 10.7 Å². The van der Waals surface area contributed by atoms with Crippen LogP contribution in [-0.4, -0.2) is 23.4 Å². The standard InChI is InChI=1S/C19H13ClN4O3S2/c20-12-8-10-13(11-9-12)21-19(25)14-4-1-2-6-16(14)24(29(26)27)17-7-3-5-15-18(17)23-28-22-15/h1-11H,(H,21,25)(H,26,27). The highest BCUT2D eigenvalue weighted by atomic mass is 35.5. The topological polar surface area (TPSA) is 95.4 Å². The van der Waals surface area contributed by atoms with Crippen molar-refractivity contribution in [3.8, 4) is 0 Å². The van der Waals surface area contributed by atoms with Gasteiger partial charge in [0.1, 0.15) is 11.0 Å². The van der Waals surface area contributed by atoms with Crippen LogP contribution in [0.2, 0.25) is 5.02 Å². The summed E-state index contributed by atoms with van der Waals surface area (Å²) in [6.07, 6.45) is 0. The van der Waals surface area contributed by atoms with Crippen LogP contribution in [0, 0.1) is 0 Å². The second kappa shape index (κ2) is 8.26. The number of carbonyl (C=O) groups is 1. The van der Waals surface area contributed by atoms with Crippen molar-refractivity contribution in [3.05, 3.63) is 77.3 Å². The van der Waals surface area contributed by atoms with E-state index in [9.17, 15) is 13.6 Å². The van der Waals surface area contributed by atoms with Gasteiger partial charge in [-0.25, -0.2) is 8.51 Å². The first-order valence-corrected chi connectivity index (χ1v) is 10.5. The van der Waals surface area contributed by atoms with Crippen LogP contribution in [0.1, 0.15) is 10.4 Å². The number of hydrogen-bond donors (Lipinski definition) is 2. The third-order valence-corrected chi connectivity index (χ3v) is 5.61. The molecule has 4 rings (SSSR count). The smallest absolute Gasteiger partial charge is 0.266 e. The Morgan fingerprint density at radius 2 is 1.72 bits per heavy atom. The SMILES string of the molecule is O=C(Nc1ccc(Cl)cc1)c1ccccc1N(c1cccc2nsnc12)S(=O)O. The average molecular weight is 445 g/mol. The van der Waals surface area contributed by atoms with E-state index in [4.69, 9.17) is 11.6 Å². The Morgan fingerprint density at radius 3 is 2.48 bits per heavy atom. The predicted molar refractivity (Wildman–Crippen MR) is 116 cm³/mol. The van der Waals surface area contributed by atoms with Crippen LogP contribution in [-0.2, 0) is 11.3 Å². The number of rotatable bonds is 5. The van der Waals surface area contributed by atoms with Crippen molar-refractivity contribution in [2.24, 2.45) is 0 Å². The summed E-state index contributed by atoms with van der Waals surface area (Å²) >= 11 is 4.44. The van der Waals surface area contributed by atoms with E-state index < -0.39 is 17.2 Å². The molecule has 0 spiro atoms. The molecule has 1 heterocycles. The maximum absolute atomic E-state index is 12.9. The lowest BCUT2D eigenvalue weighted by atomic mass is 10.1. The Labute approximate surface area is 177 Å². The van der Waals surface area contributed by atoms with Crippen LogP contribution < -0.4 is 9.62 Å². The fourth-order valence-electron chi connectivity index (χ4n) is 2.83. The summed E-state index contributed by atoms with van der Waals surface area (Å²) in [5, 5.41) is 3.32. The molecule has 2 N–H and O–H groups in total. The molecule has 0 aliphatic rings. The van der Waals surface area contributed by atoms with E-state index >= 15 is 0 Å². The van der Waals surface area contributed by atoms with E-state index in [1.807, 2.05) is 0 Å². The molecule has 146 valence electrons. The highest BCUT2D eigenvalue weighted by Gasteiger charge is 2.24. The van der Waals surface area contributed by atoms with Gasteiger partial charge in [0.15, 0.2) is 0 Å². The van der Waals surface area contributed by atoms with Crippen LogP contribution in [0.3, 0.4) is 0 Å². The number of para-hydroxylation sites is 1. The third kappa shape index (κ3) is 3.99. The van der Waals surface area contributed by atoms with Gasteiger partial charge in [-0.05, 0) is 48.5 Å². The van der Waals surface area contributed by atoms with E-state index in [0.29, 0.717) is 27.4 Å². The number of aromatic nitrogens is 2. The van der Waals surface area contributed by atoms with Gasteiger partial charge in [0.25, 0.3) is 17.2 Å². The van der Waals surface area contributed by atoms with E-state index in [-0.39, 0.29) is 11.3 Å². The number of amides is 1. The molecule has 29 heavy (non-hydrogen) atoms. The highest BCUT2D eigenvalue weighted by Crippen LogP contribution is 2.34. The molecule has 0 radical (unpaired) electrons. The minimum atomic E-state index is -2.45. The van der Waals surface area contributed by atoms with Gasteiger partial charge in [-0.1, -0.05) is 29.8 Å². The molecule has 10 heteroatoms. The van der Waals surface area contributed by atoms with E-state index in [2.05, 4.69) is 14.1 Å². The Morgan fingerprint density at radius 1 is 1.00 bits per heavy atom. The maximum atomic E-state index is 12.9. The number of hydrogen-bond acceptors (Lipinski definition) is 5. The van der Waals surface area contributed by atoms with Crippen molar-refractivity contribution in [3.63, 3.8) is 0 Å². The third-order valence-electron chi connectivity index (χ3n) is 4.11. The summed E-state index contributed by atoms with van der Waals surface area (Å²) in [7, 11) is 0. The molecule has 7 nitrogen and oxygen atoms in total. The molecule has 1 aromatic heterocycles. The number of anilines is 3. The summed E-state index contributed by atoms with van der Waals surface area (Å²) in [5.74, 6) is -0.429. The fraction of sp³-hybridized carbons (Fsp3) is 0. The number of carbonyl (C=O) groups excluding carboxylic acids is 1. The molecule has 0 bridgehead atoms. The lowest BCUT2D eigenvalue weighted by Crippen LogP contribution is -2.23. The van der Waals surface area contributed by atoms with Crippen LogP contribution in [0.4, 0.5) is 17.1 Å². The highest BCUT2D eigenvalue weighted by molar-refractivity contribution is 7.81. The number of fused-ring (bicyclic) bond motifs is 1. The van der Waals surface area contributed by atoms with Crippen LogP contribution >= 0.6 is 23.3 Å². The number of nitrogens with zero attached hydrogens (tertiary/aromatic N) is 3. The largest absolute Gasteiger partial charge is 0.322 e. The van der Waals surface area contributed by atoms with Crippen molar-refractivity contribution < 1.29 is 13.6 Å². The zero-order valence-electron chi connectivity index (χ0n) is 14.7. The van der Waals surface area contributed by atoms with E-state index in [1.54, 1.807) is 66.7 Å². The fourth-order valence-corrected chi connectivity index (χ4v) is 4.14. The summed E-state index contributed by atoms with van der Waals surface area (Å²) in [6.45, 7) is 0. The van der Waals surface area contributed by atoms with E-state index in [0.717, 1.165) is 16.0 Å². The normalized spacial score (nSPS) is 11.9. The van der Waals surface area contributed by atoms with E-state index in [1.165, 1.54) is 0 Å². The van der Waals surface area contributed by atoms with Gasteiger partial charge in [-0.3, -0.25) is 9.35 Å². The van der Waals surface area contributed by atoms with Crippen molar-refractivity contribution in [1.29, 1.82) is 0 Å². The number of nitrogens with one attached hydrogen (secondary N) is 1. The molecule has 0 fully saturated rings. The molecular weight excluding hydrogens is 432 g/mol. The summed E-state index contributed by atoms with van der Waals surface area (Å²) in [6, 6.07) is 18.4. The van der Waals surface area contributed by atoms with Crippen molar-refractivity contribution in [1.82, 2.24) is 8.75 Å². The molecule has 4 aromatic rings. The minimum Gasteiger partial charge on any atom is -0.322 e. The van der Waals surface area contributed by atoms with Gasteiger partial charge in [0.05, 0.1) is 28.7 Å². The van der Waals surface area contributed by atoms with Crippen LogP contribution in [0.15, 0.2) is 66.7 Å². The van der Waals surface area contributed by atoms with Crippen LogP contribution in [0.25, 0.3) is 11.0 Å². The summed E-state index contributed by atoms with van der Waals surface area (Å²) in [4.78, 5) is 12.9. The lowest BCUT2D eigenvalue weighted by Gasteiger charge is -2.22. The molecule has 1 unspecified atom stereocenters. The Kier molecular flexibility index (Phi) is 5.54. The summed E-state index contributed by atoms with van der Waals surface area (Å²) < 4.78 is 31.9. The quantitative estimate of drug-likeness (QED) is 0.428. The molecule has 3 aromatic carbocycles. The molecule has 0 saturated carbocycles. The number of benzene rings is 3. The first kappa shape index (κ1) is 19.5. The Balaban J connectivity index is 1.77. The van der Waals surface area contributed by atoms with Crippen molar-refractivity contribution >= 4 is 68.6 Å². The van der Waals surface area contributed by atoms with Gasteiger partial charge in [-0.2, -0.15) is 8.75 Å². The first-order chi connectivity index (χ1) is 14.0. The number of halogens is 1. The second-order valence-electron chi connectivity index (χ2n) is 5.91. The van der Waals surface area contributed by atoms with Crippen molar-refractivity contribution in [2.45, 2.75) is 0 Å². The molecular formula is C19H13ClN4O3S2. The predicted octanol–water partition coefficient (Wildman–Crippen LogP) is 4.87. The van der Waals surface area contributed by atoms with Gasteiger partial charge >= 0.3 is 0 Å². The maximum Gasteiger partial charge on any atom is 0.266 e. The minimum absolute atomic E-state index is 0.227.